The molecule has 0 saturated heterocycles. The van der Waals surface area contributed by atoms with E-state index >= 15 is 0 Å². The molecule has 0 fully saturated rings. The molecule has 3 aromatic carbocycles. The number of amides is 1. The van der Waals surface area contributed by atoms with Crippen LogP contribution in [0.25, 0.3) is 0 Å². The first-order chi connectivity index (χ1) is 14.2. The van der Waals surface area contributed by atoms with E-state index < -0.39 is 10.0 Å². The lowest BCUT2D eigenvalue weighted by molar-refractivity contribution is 0.102. The number of anilines is 2. The van der Waals surface area contributed by atoms with Crippen molar-refractivity contribution in [3.63, 3.8) is 0 Å². The Hall–Kier alpha value is -2.83. The van der Waals surface area contributed by atoms with Crippen LogP contribution in [0.15, 0.2) is 77.7 Å². The summed E-state index contributed by atoms with van der Waals surface area (Å²) in [7, 11) is -2.26. The average molecular weight is 443 g/mol. The third-order valence-electron chi connectivity index (χ3n) is 4.80. The Morgan fingerprint density at radius 1 is 0.900 bits per heavy atom. The van der Waals surface area contributed by atoms with Gasteiger partial charge < -0.3 is 5.32 Å². The second-order valence-electron chi connectivity index (χ2n) is 7.20. The van der Waals surface area contributed by atoms with Gasteiger partial charge in [-0.1, -0.05) is 37.6 Å². The van der Waals surface area contributed by atoms with Crippen LogP contribution >= 0.6 is 11.6 Å². The molecule has 0 aliphatic heterocycles. The van der Waals surface area contributed by atoms with Gasteiger partial charge in [0.1, 0.15) is 0 Å². The molecule has 0 radical (unpaired) electrons. The largest absolute Gasteiger partial charge is 0.322 e. The molecule has 7 heteroatoms. The Balaban J connectivity index is 1.73. The first-order valence-corrected chi connectivity index (χ1v) is 11.3. The van der Waals surface area contributed by atoms with Gasteiger partial charge in [-0.05, 0) is 72.1 Å². The van der Waals surface area contributed by atoms with E-state index in [-0.39, 0.29) is 10.8 Å². The summed E-state index contributed by atoms with van der Waals surface area (Å²) >= 11 is 5.84. The number of sulfonamides is 1. The molecule has 30 heavy (non-hydrogen) atoms. The second-order valence-corrected chi connectivity index (χ2v) is 9.61. The number of halogens is 1. The van der Waals surface area contributed by atoms with E-state index in [0.29, 0.717) is 27.9 Å². The third-order valence-corrected chi connectivity index (χ3v) is 6.85. The Morgan fingerprint density at radius 3 is 2.00 bits per heavy atom. The molecule has 0 bridgehead atoms. The lowest BCUT2D eigenvalue weighted by Gasteiger charge is -2.20. The summed E-state index contributed by atoms with van der Waals surface area (Å²) < 4.78 is 26.7. The van der Waals surface area contributed by atoms with Gasteiger partial charge >= 0.3 is 0 Å². The summed E-state index contributed by atoms with van der Waals surface area (Å²) in [4.78, 5) is 12.6. The Labute approximate surface area is 182 Å². The number of carbonyl (C=O) groups is 1. The fraction of sp³-hybridized carbons (Fsp3) is 0.174. The highest BCUT2D eigenvalue weighted by Crippen LogP contribution is 2.24. The minimum Gasteiger partial charge on any atom is -0.322 e. The van der Waals surface area contributed by atoms with Crippen LogP contribution in [0, 0.1) is 0 Å². The van der Waals surface area contributed by atoms with E-state index in [9.17, 15) is 13.2 Å². The maximum atomic E-state index is 12.8. The van der Waals surface area contributed by atoms with Crippen molar-refractivity contribution in [2.24, 2.45) is 0 Å². The predicted molar refractivity (Wildman–Crippen MR) is 122 cm³/mol. The summed E-state index contributed by atoms with van der Waals surface area (Å²) in [5.74, 6) is 0.158. The molecule has 156 valence electrons. The summed E-state index contributed by atoms with van der Waals surface area (Å²) in [5, 5.41) is 3.31. The molecule has 0 saturated carbocycles. The van der Waals surface area contributed by atoms with Crippen molar-refractivity contribution < 1.29 is 13.2 Å². The molecule has 0 spiro atoms. The first kappa shape index (κ1) is 21.9. The molecule has 0 aliphatic rings. The van der Waals surface area contributed by atoms with Gasteiger partial charge in [0.05, 0.1) is 10.6 Å². The van der Waals surface area contributed by atoms with E-state index in [4.69, 9.17) is 11.6 Å². The van der Waals surface area contributed by atoms with Crippen LogP contribution in [0.1, 0.15) is 35.7 Å². The summed E-state index contributed by atoms with van der Waals surface area (Å²) in [6, 6.07) is 20.1. The predicted octanol–water partition coefficient (Wildman–Crippen LogP) is 5.54. The van der Waals surface area contributed by atoms with E-state index in [1.807, 2.05) is 24.3 Å². The van der Waals surface area contributed by atoms with Crippen molar-refractivity contribution in [3.8, 4) is 0 Å². The molecule has 5 nitrogen and oxygen atoms in total. The van der Waals surface area contributed by atoms with Crippen molar-refractivity contribution in [2.45, 2.75) is 24.7 Å². The van der Waals surface area contributed by atoms with E-state index in [0.717, 1.165) is 0 Å². The molecule has 1 amide bonds. The average Bonchev–Trinajstić information content (AvgIpc) is 2.74. The molecule has 0 aromatic heterocycles. The number of nitrogens with one attached hydrogen (secondary N) is 1. The standard InChI is InChI=1S/C23H23ClN2O3S/c1-16(2)17-4-10-20(11-5-17)25-23(27)18-6-12-21(13-7-18)26(3)30(28,29)22-14-8-19(24)9-15-22/h4-16H,1-3H3,(H,25,27). The van der Waals surface area contributed by atoms with Gasteiger partial charge in [0.25, 0.3) is 15.9 Å². The Morgan fingerprint density at radius 2 is 1.47 bits per heavy atom. The summed E-state index contributed by atoms with van der Waals surface area (Å²) in [6.45, 7) is 4.22. The molecule has 1 N–H and O–H groups in total. The zero-order chi connectivity index (χ0) is 21.9. The molecule has 3 aromatic rings. The first-order valence-electron chi connectivity index (χ1n) is 9.44. The van der Waals surface area contributed by atoms with Crippen molar-refractivity contribution in [3.05, 3.63) is 88.9 Å². The molecular weight excluding hydrogens is 420 g/mol. The number of nitrogens with zero attached hydrogens (tertiary/aromatic N) is 1. The summed E-state index contributed by atoms with van der Waals surface area (Å²) in [5.41, 5.74) is 2.78. The van der Waals surface area contributed by atoms with Crippen LogP contribution in [-0.2, 0) is 10.0 Å². The van der Waals surface area contributed by atoms with Gasteiger partial charge in [-0.25, -0.2) is 8.42 Å². The van der Waals surface area contributed by atoms with Crippen LogP contribution in [-0.4, -0.2) is 21.4 Å². The van der Waals surface area contributed by atoms with E-state index in [1.54, 1.807) is 24.3 Å². The SMILES string of the molecule is CC(C)c1ccc(NC(=O)c2ccc(N(C)S(=O)(=O)c3ccc(Cl)cc3)cc2)cc1. The minimum atomic E-state index is -3.73. The molecule has 3 rings (SSSR count). The van der Waals surface area contributed by atoms with Crippen LogP contribution in [0.3, 0.4) is 0 Å². The topological polar surface area (TPSA) is 66.5 Å². The van der Waals surface area contributed by atoms with Gasteiger partial charge in [-0.3, -0.25) is 9.10 Å². The zero-order valence-corrected chi connectivity index (χ0v) is 18.5. The van der Waals surface area contributed by atoms with Gasteiger partial charge in [0, 0.05) is 23.3 Å². The lowest BCUT2D eigenvalue weighted by atomic mass is 10.0. The monoisotopic (exact) mass is 442 g/mol. The van der Waals surface area contributed by atoms with E-state index in [2.05, 4.69) is 19.2 Å². The van der Waals surface area contributed by atoms with Gasteiger partial charge in [0.15, 0.2) is 0 Å². The highest BCUT2D eigenvalue weighted by Gasteiger charge is 2.21. The number of rotatable bonds is 6. The fourth-order valence-corrected chi connectivity index (χ4v) is 4.20. The van der Waals surface area contributed by atoms with Crippen molar-refractivity contribution >= 4 is 38.9 Å². The Kier molecular flexibility index (Phi) is 6.48. The molecule has 0 unspecified atom stereocenters. The summed E-state index contributed by atoms with van der Waals surface area (Å²) in [6.07, 6.45) is 0. The number of hydrogen-bond acceptors (Lipinski definition) is 3. The molecule has 0 aliphatic carbocycles. The molecular formula is C23H23ClN2O3S. The van der Waals surface area contributed by atoms with Crippen molar-refractivity contribution in [1.29, 1.82) is 0 Å². The molecule has 0 atom stereocenters. The Bertz CT molecular complexity index is 1120. The number of carbonyl (C=O) groups excluding carboxylic acids is 1. The lowest BCUT2D eigenvalue weighted by Crippen LogP contribution is -2.26. The van der Waals surface area contributed by atoms with Crippen LogP contribution in [0.5, 0.6) is 0 Å². The number of hydrogen-bond donors (Lipinski definition) is 1. The van der Waals surface area contributed by atoms with Crippen molar-refractivity contribution in [2.75, 3.05) is 16.7 Å². The minimum absolute atomic E-state index is 0.140. The number of benzene rings is 3. The van der Waals surface area contributed by atoms with Gasteiger partial charge in [0.2, 0.25) is 0 Å². The highest BCUT2D eigenvalue weighted by atomic mass is 35.5. The molecule has 0 heterocycles. The van der Waals surface area contributed by atoms with Gasteiger partial charge in [-0.2, -0.15) is 0 Å². The maximum absolute atomic E-state index is 12.8. The third kappa shape index (κ3) is 4.83. The smallest absolute Gasteiger partial charge is 0.264 e. The van der Waals surface area contributed by atoms with Crippen LogP contribution in [0.2, 0.25) is 5.02 Å². The normalized spacial score (nSPS) is 11.4. The second kappa shape index (κ2) is 8.90. The van der Waals surface area contributed by atoms with Crippen LogP contribution in [0.4, 0.5) is 11.4 Å². The highest BCUT2D eigenvalue weighted by molar-refractivity contribution is 7.92. The van der Waals surface area contributed by atoms with Gasteiger partial charge in [-0.15, -0.1) is 0 Å². The maximum Gasteiger partial charge on any atom is 0.264 e. The van der Waals surface area contributed by atoms with Crippen LogP contribution < -0.4 is 9.62 Å². The quantitative estimate of drug-likeness (QED) is 0.544. The fourth-order valence-electron chi connectivity index (χ4n) is 2.88. The zero-order valence-electron chi connectivity index (χ0n) is 17.0. The van der Waals surface area contributed by atoms with E-state index in [1.165, 1.54) is 41.2 Å². The van der Waals surface area contributed by atoms with Crippen molar-refractivity contribution in [1.82, 2.24) is 0 Å².